The molecule has 0 aliphatic heterocycles. The molecule has 2 aromatic rings. The molecule has 11 heteroatoms. The van der Waals surface area contributed by atoms with Gasteiger partial charge in [-0.3, -0.25) is 14.9 Å². The highest BCUT2D eigenvalue weighted by molar-refractivity contribution is 7.89. The number of sulfonamides is 1. The molecule has 0 spiro atoms. The molecular weight excluding hydrogens is 422 g/mol. The molecule has 0 radical (unpaired) electrons. The zero-order chi connectivity index (χ0) is 21.8. The van der Waals surface area contributed by atoms with Crippen molar-refractivity contribution in [1.29, 1.82) is 0 Å². The van der Waals surface area contributed by atoms with E-state index in [1.165, 1.54) is 57.6 Å². The van der Waals surface area contributed by atoms with E-state index in [9.17, 15) is 23.3 Å². The van der Waals surface area contributed by atoms with E-state index in [1.54, 1.807) is 0 Å². The summed E-state index contributed by atoms with van der Waals surface area (Å²) in [5, 5.41) is 13.6. The number of anilines is 1. The minimum atomic E-state index is -3.63. The van der Waals surface area contributed by atoms with Crippen molar-refractivity contribution in [2.75, 3.05) is 26.5 Å². The fourth-order valence-corrected chi connectivity index (χ4v) is 3.62. The van der Waals surface area contributed by atoms with Crippen LogP contribution < -0.4 is 10.1 Å². The van der Waals surface area contributed by atoms with Crippen LogP contribution in [0.3, 0.4) is 0 Å². The van der Waals surface area contributed by atoms with Crippen LogP contribution in [0.1, 0.15) is 12.0 Å². The number of nitro groups is 1. The highest BCUT2D eigenvalue weighted by Gasteiger charge is 2.19. The van der Waals surface area contributed by atoms with Gasteiger partial charge in [0, 0.05) is 32.6 Å². The maximum atomic E-state index is 12.3. The number of halogens is 1. The van der Waals surface area contributed by atoms with Crippen molar-refractivity contribution in [1.82, 2.24) is 4.31 Å². The summed E-state index contributed by atoms with van der Waals surface area (Å²) >= 11 is 5.98. The molecule has 1 amide bonds. The SMILES string of the molecule is COc1ccc(S(=O)(=O)N(C)C)cc1CCC(=O)Nc1cc([N+](=O)[O-])ccc1Cl. The predicted octanol–water partition coefficient (Wildman–Crippen LogP) is 3.08. The highest BCUT2D eigenvalue weighted by Crippen LogP contribution is 2.28. The third kappa shape index (κ3) is 5.43. The standard InChI is InChI=1S/C18H20ClN3O6S/c1-21(2)29(26,27)14-6-8-17(28-3)12(10-14)4-9-18(23)20-16-11-13(22(24)25)5-7-15(16)19/h5-8,10-11H,4,9H2,1-3H3,(H,20,23). The largest absolute Gasteiger partial charge is 0.496 e. The number of carbonyl (C=O) groups excluding carboxylic acids is 1. The van der Waals surface area contributed by atoms with E-state index >= 15 is 0 Å². The number of methoxy groups -OCH3 is 1. The fourth-order valence-electron chi connectivity index (χ4n) is 2.51. The first-order valence-electron chi connectivity index (χ1n) is 8.39. The summed E-state index contributed by atoms with van der Waals surface area (Å²) in [6.07, 6.45) is 0.180. The topological polar surface area (TPSA) is 119 Å². The number of nitrogens with one attached hydrogen (secondary N) is 1. The average molecular weight is 442 g/mol. The van der Waals surface area contributed by atoms with E-state index in [0.717, 1.165) is 4.31 Å². The lowest BCUT2D eigenvalue weighted by Crippen LogP contribution is -2.22. The van der Waals surface area contributed by atoms with Crippen molar-refractivity contribution in [3.05, 3.63) is 57.1 Å². The molecule has 29 heavy (non-hydrogen) atoms. The van der Waals surface area contributed by atoms with Gasteiger partial charge in [-0.15, -0.1) is 0 Å². The minimum Gasteiger partial charge on any atom is -0.496 e. The summed E-state index contributed by atoms with van der Waals surface area (Å²) in [6, 6.07) is 8.15. The van der Waals surface area contributed by atoms with Crippen LogP contribution >= 0.6 is 11.6 Å². The van der Waals surface area contributed by atoms with Crippen molar-refractivity contribution in [2.45, 2.75) is 17.7 Å². The van der Waals surface area contributed by atoms with Gasteiger partial charge in [0.25, 0.3) is 5.69 Å². The summed E-state index contributed by atoms with van der Waals surface area (Å²) in [7, 11) is 0.664. The Bertz CT molecular complexity index is 1040. The normalized spacial score (nSPS) is 11.3. The number of rotatable bonds is 8. The number of benzene rings is 2. The molecular formula is C18H20ClN3O6S. The summed E-state index contributed by atoms with van der Waals surface area (Å²) < 4.78 is 31.0. The Hall–Kier alpha value is -2.69. The second-order valence-corrected chi connectivity index (χ2v) is 8.79. The minimum absolute atomic E-state index is 0.0130. The Balaban J connectivity index is 2.18. The van der Waals surface area contributed by atoms with Crippen LogP contribution in [-0.2, 0) is 21.2 Å². The molecule has 0 saturated carbocycles. The number of non-ortho nitro benzene ring substituents is 1. The van der Waals surface area contributed by atoms with Gasteiger partial charge in [-0.2, -0.15) is 0 Å². The van der Waals surface area contributed by atoms with Crippen LogP contribution in [0.5, 0.6) is 5.75 Å². The summed E-state index contributed by atoms with van der Waals surface area (Å²) in [5.74, 6) is 0.0132. The van der Waals surface area contributed by atoms with Crippen LogP contribution in [0, 0.1) is 10.1 Å². The zero-order valence-electron chi connectivity index (χ0n) is 16.0. The Labute approximate surface area is 173 Å². The van der Waals surface area contributed by atoms with E-state index in [4.69, 9.17) is 16.3 Å². The second kappa shape index (κ2) is 9.21. The van der Waals surface area contributed by atoms with Gasteiger partial charge >= 0.3 is 0 Å². The maximum absolute atomic E-state index is 12.3. The molecule has 0 bridgehead atoms. The molecule has 2 rings (SSSR count). The Kier molecular flexibility index (Phi) is 7.17. The molecule has 0 unspecified atom stereocenters. The molecule has 0 fully saturated rings. The van der Waals surface area contributed by atoms with Crippen molar-refractivity contribution in [2.24, 2.45) is 0 Å². The lowest BCUT2D eigenvalue weighted by Gasteiger charge is -2.14. The van der Waals surface area contributed by atoms with E-state index in [1.807, 2.05) is 0 Å². The molecule has 2 aromatic carbocycles. The molecule has 0 saturated heterocycles. The molecule has 0 atom stereocenters. The van der Waals surface area contributed by atoms with Crippen LogP contribution in [0.25, 0.3) is 0 Å². The molecule has 0 aliphatic rings. The predicted molar refractivity (Wildman–Crippen MR) is 109 cm³/mol. The highest BCUT2D eigenvalue weighted by atomic mass is 35.5. The molecule has 1 N–H and O–H groups in total. The first kappa shape index (κ1) is 22.6. The third-order valence-electron chi connectivity index (χ3n) is 4.09. The van der Waals surface area contributed by atoms with E-state index in [-0.39, 0.29) is 34.1 Å². The number of amides is 1. The van der Waals surface area contributed by atoms with Gasteiger partial charge < -0.3 is 10.1 Å². The third-order valence-corrected chi connectivity index (χ3v) is 6.23. The first-order chi connectivity index (χ1) is 13.6. The van der Waals surface area contributed by atoms with Gasteiger partial charge in [-0.05, 0) is 36.2 Å². The van der Waals surface area contributed by atoms with Crippen LogP contribution in [0.15, 0.2) is 41.3 Å². The number of hydrogen-bond acceptors (Lipinski definition) is 6. The number of nitrogens with zero attached hydrogens (tertiary/aromatic N) is 2. The van der Waals surface area contributed by atoms with Crippen LogP contribution in [-0.4, -0.2) is 44.8 Å². The van der Waals surface area contributed by atoms with Crippen molar-refractivity contribution in [3.63, 3.8) is 0 Å². The Morgan fingerprint density at radius 1 is 1.24 bits per heavy atom. The number of nitro benzene ring substituents is 1. The van der Waals surface area contributed by atoms with E-state index in [0.29, 0.717) is 11.3 Å². The van der Waals surface area contributed by atoms with Crippen LogP contribution in [0.2, 0.25) is 5.02 Å². The lowest BCUT2D eigenvalue weighted by molar-refractivity contribution is -0.384. The van der Waals surface area contributed by atoms with E-state index in [2.05, 4.69) is 5.32 Å². The molecule has 0 aromatic heterocycles. The van der Waals surface area contributed by atoms with Gasteiger partial charge in [-0.1, -0.05) is 11.6 Å². The fraction of sp³-hybridized carbons (Fsp3) is 0.278. The van der Waals surface area contributed by atoms with Gasteiger partial charge in [0.05, 0.1) is 27.6 Å². The van der Waals surface area contributed by atoms with Gasteiger partial charge in [-0.25, -0.2) is 12.7 Å². The molecule has 0 aliphatic carbocycles. The van der Waals surface area contributed by atoms with Crippen molar-refractivity contribution >= 4 is 38.9 Å². The number of ether oxygens (including phenoxy) is 1. The van der Waals surface area contributed by atoms with E-state index < -0.39 is 20.9 Å². The Morgan fingerprint density at radius 2 is 1.93 bits per heavy atom. The van der Waals surface area contributed by atoms with Crippen LogP contribution in [0.4, 0.5) is 11.4 Å². The first-order valence-corrected chi connectivity index (χ1v) is 10.2. The summed E-state index contributed by atoms with van der Waals surface area (Å²) in [6.45, 7) is 0. The van der Waals surface area contributed by atoms with Gasteiger partial charge in [0.15, 0.2) is 0 Å². The number of carbonyl (C=O) groups is 1. The average Bonchev–Trinajstić information content (AvgIpc) is 2.67. The smallest absolute Gasteiger partial charge is 0.271 e. The lowest BCUT2D eigenvalue weighted by atomic mass is 10.1. The zero-order valence-corrected chi connectivity index (χ0v) is 17.6. The molecule has 9 nitrogen and oxygen atoms in total. The quantitative estimate of drug-likeness (QED) is 0.496. The van der Waals surface area contributed by atoms with Gasteiger partial charge in [0.2, 0.25) is 15.9 Å². The summed E-state index contributed by atoms with van der Waals surface area (Å²) in [5.41, 5.74) is 0.463. The monoisotopic (exact) mass is 441 g/mol. The number of hydrogen-bond donors (Lipinski definition) is 1. The summed E-state index contributed by atoms with van der Waals surface area (Å²) in [4.78, 5) is 22.7. The maximum Gasteiger partial charge on any atom is 0.271 e. The number of aryl methyl sites for hydroxylation is 1. The second-order valence-electron chi connectivity index (χ2n) is 6.23. The Morgan fingerprint density at radius 3 is 2.52 bits per heavy atom. The van der Waals surface area contributed by atoms with Crippen molar-refractivity contribution in [3.8, 4) is 5.75 Å². The van der Waals surface area contributed by atoms with Gasteiger partial charge in [0.1, 0.15) is 5.75 Å². The van der Waals surface area contributed by atoms with Crippen molar-refractivity contribution < 1.29 is 22.9 Å². The molecule has 156 valence electrons. The molecule has 0 heterocycles.